The van der Waals surface area contributed by atoms with Crippen molar-refractivity contribution in [3.05, 3.63) is 118 Å². The zero-order valence-corrected chi connectivity index (χ0v) is 24.5. The molecule has 2 atom stereocenters. The fourth-order valence-corrected chi connectivity index (χ4v) is 5.41. The minimum atomic E-state index is -5.54. The molecule has 4 aromatic rings. The third-order valence-corrected chi connectivity index (χ3v) is 7.60. The van der Waals surface area contributed by atoms with Crippen LogP contribution in [0.5, 0.6) is 0 Å². The normalized spacial score (nSPS) is 14.1. The first kappa shape index (κ1) is 35.2. The van der Waals surface area contributed by atoms with E-state index in [0.717, 1.165) is 12.1 Å². The van der Waals surface area contributed by atoms with Crippen LogP contribution in [0, 0.1) is 0 Å². The lowest BCUT2D eigenvalue weighted by molar-refractivity contribution is -0.147. The Kier molecular flexibility index (Phi) is 9.84. The van der Waals surface area contributed by atoms with Crippen molar-refractivity contribution in [2.75, 3.05) is 10.6 Å². The first-order valence-corrected chi connectivity index (χ1v) is 13.7. The van der Waals surface area contributed by atoms with Gasteiger partial charge in [-0.3, -0.25) is 0 Å². The van der Waals surface area contributed by atoms with Crippen LogP contribution in [-0.4, -0.2) is 0 Å². The lowest BCUT2D eigenvalue weighted by Gasteiger charge is -2.37. The van der Waals surface area contributed by atoms with E-state index in [1.54, 1.807) is 0 Å². The van der Waals surface area contributed by atoms with Gasteiger partial charge in [0.2, 0.25) is 0 Å². The van der Waals surface area contributed by atoms with E-state index in [9.17, 15) is 52.7 Å². The summed E-state index contributed by atoms with van der Waals surface area (Å²) in [7, 11) is 0. The lowest BCUT2D eigenvalue weighted by atomic mass is 9.82. The van der Waals surface area contributed by atoms with Crippen LogP contribution in [-0.2, 0) is 24.7 Å². The molecular formula is C30H20F12N2S2. The highest BCUT2D eigenvalue weighted by molar-refractivity contribution is 7.80. The Morgan fingerprint density at radius 3 is 0.891 bits per heavy atom. The summed E-state index contributed by atoms with van der Waals surface area (Å²) in [6.45, 7) is 0. The molecule has 0 bridgehead atoms. The number of rotatable bonds is 7. The van der Waals surface area contributed by atoms with Gasteiger partial charge < -0.3 is 10.6 Å². The molecule has 0 saturated carbocycles. The van der Waals surface area contributed by atoms with E-state index in [-0.39, 0.29) is 45.4 Å². The molecule has 246 valence electrons. The number of hydrogen-bond donors (Lipinski definition) is 4. The van der Waals surface area contributed by atoms with Crippen LogP contribution in [0.25, 0.3) is 0 Å². The molecule has 2 N–H and O–H groups in total. The smallest absolute Gasteiger partial charge is 0.375 e. The van der Waals surface area contributed by atoms with Gasteiger partial charge in [-0.1, -0.05) is 36.4 Å². The molecule has 0 aromatic heterocycles. The van der Waals surface area contributed by atoms with E-state index >= 15 is 0 Å². The van der Waals surface area contributed by atoms with Gasteiger partial charge in [-0.25, -0.2) is 0 Å². The maximum Gasteiger partial charge on any atom is 0.416 e. The third-order valence-electron chi connectivity index (χ3n) is 6.82. The van der Waals surface area contributed by atoms with Crippen LogP contribution in [0.2, 0.25) is 0 Å². The summed E-state index contributed by atoms with van der Waals surface area (Å²) in [5.74, 6) is 0. The van der Waals surface area contributed by atoms with Gasteiger partial charge in [-0.05, 0) is 48.5 Å². The minimum absolute atomic E-state index is 0.0842. The van der Waals surface area contributed by atoms with Crippen molar-refractivity contribution in [3.63, 3.8) is 0 Å². The maximum atomic E-state index is 14.5. The van der Waals surface area contributed by atoms with E-state index in [1.165, 1.54) is 36.4 Å². The Bertz CT molecular complexity index is 1510. The van der Waals surface area contributed by atoms with Crippen LogP contribution in [0.3, 0.4) is 0 Å². The van der Waals surface area contributed by atoms with Crippen molar-refractivity contribution in [3.8, 4) is 0 Å². The van der Waals surface area contributed by atoms with Crippen LogP contribution >= 0.6 is 25.3 Å². The van der Waals surface area contributed by atoms with Gasteiger partial charge in [-0.15, -0.1) is 25.3 Å². The number of hydrogen-bond acceptors (Lipinski definition) is 4. The number of para-hydroxylation sites is 2. The number of halogens is 12. The predicted molar refractivity (Wildman–Crippen MR) is 153 cm³/mol. The molecule has 2 unspecified atom stereocenters. The SMILES string of the molecule is FC(F)(F)c1cccc(C(F)(F)F)c1C(Nc1ccccc1S)C(Nc1ccccc1S)c1c(C(F)(F)F)cccc1C(F)(F)F. The third kappa shape index (κ3) is 7.65. The van der Waals surface area contributed by atoms with Gasteiger partial charge in [0.25, 0.3) is 0 Å². The van der Waals surface area contributed by atoms with Crippen LogP contribution in [0.4, 0.5) is 64.1 Å². The van der Waals surface area contributed by atoms with Crippen molar-refractivity contribution in [2.24, 2.45) is 0 Å². The quantitative estimate of drug-likeness (QED) is 0.114. The average Bonchev–Trinajstić information content (AvgIpc) is 2.94. The molecule has 4 aromatic carbocycles. The molecule has 0 fully saturated rings. The molecule has 0 spiro atoms. The van der Waals surface area contributed by atoms with E-state index in [0.29, 0.717) is 12.1 Å². The van der Waals surface area contributed by atoms with Gasteiger partial charge >= 0.3 is 24.7 Å². The highest BCUT2D eigenvalue weighted by Crippen LogP contribution is 2.51. The number of benzene rings is 4. The maximum absolute atomic E-state index is 14.5. The fourth-order valence-electron chi connectivity index (χ4n) is 4.96. The minimum Gasteiger partial charge on any atom is -0.375 e. The Morgan fingerprint density at radius 2 is 0.652 bits per heavy atom. The summed E-state index contributed by atoms with van der Waals surface area (Å²) in [5, 5.41) is 4.77. The van der Waals surface area contributed by atoms with E-state index < -0.39 is 70.2 Å². The Labute approximate surface area is 264 Å². The topological polar surface area (TPSA) is 24.1 Å². The molecule has 0 saturated heterocycles. The fraction of sp³-hybridized carbons (Fsp3) is 0.200. The highest BCUT2D eigenvalue weighted by atomic mass is 32.1. The number of alkyl halides is 12. The molecule has 0 aliphatic heterocycles. The number of thiol groups is 2. The molecule has 4 rings (SSSR count). The molecule has 0 radical (unpaired) electrons. The second kappa shape index (κ2) is 12.9. The first-order chi connectivity index (χ1) is 21.2. The van der Waals surface area contributed by atoms with Gasteiger partial charge in [-0.2, -0.15) is 52.7 Å². The van der Waals surface area contributed by atoms with Crippen LogP contribution < -0.4 is 10.6 Å². The molecular weight excluding hydrogens is 680 g/mol. The Morgan fingerprint density at radius 1 is 0.391 bits per heavy atom. The van der Waals surface area contributed by atoms with Gasteiger partial charge in [0.15, 0.2) is 0 Å². The number of nitrogens with one attached hydrogen (secondary N) is 2. The van der Waals surface area contributed by atoms with Crippen molar-refractivity contribution in [2.45, 2.75) is 46.6 Å². The second-order valence-electron chi connectivity index (χ2n) is 9.80. The van der Waals surface area contributed by atoms with E-state index in [4.69, 9.17) is 0 Å². The molecule has 0 aliphatic rings. The first-order valence-electron chi connectivity index (χ1n) is 12.8. The van der Waals surface area contributed by atoms with E-state index in [1.807, 2.05) is 0 Å². The Hall–Kier alpha value is -3.66. The van der Waals surface area contributed by atoms with Crippen molar-refractivity contribution >= 4 is 36.6 Å². The van der Waals surface area contributed by atoms with Crippen molar-refractivity contribution in [1.29, 1.82) is 0 Å². The molecule has 0 heterocycles. The summed E-state index contributed by atoms with van der Waals surface area (Å²) < 4.78 is 174. The summed E-state index contributed by atoms with van der Waals surface area (Å²) in [4.78, 5) is -0.168. The van der Waals surface area contributed by atoms with Gasteiger partial charge in [0, 0.05) is 32.3 Å². The second-order valence-corrected chi connectivity index (χ2v) is 10.8. The van der Waals surface area contributed by atoms with Crippen LogP contribution in [0.1, 0.15) is 45.5 Å². The lowest BCUT2D eigenvalue weighted by Crippen LogP contribution is -2.33. The largest absolute Gasteiger partial charge is 0.416 e. The van der Waals surface area contributed by atoms with Crippen LogP contribution in [0.15, 0.2) is 94.7 Å². The molecule has 46 heavy (non-hydrogen) atoms. The van der Waals surface area contributed by atoms with E-state index in [2.05, 4.69) is 35.9 Å². The van der Waals surface area contributed by atoms with Gasteiger partial charge in [0.05, 0.1) is 34.3 Å². The number of anilines is 2. The zero-order valence-electron chi connectivity index (χ0n) is 22.7. The monoisotopic (exact) mass is 700 g/mol. The standard InChI is InChI=1S/C30H20F12N2S2/c31-27(32,33)15-7-5-8-16(28(34,35)36)23(15)25(43-19-11-1-3-13-21(19)45)26(44-20-12-2-4-14-22(20)46)24-17(29(37,38)39)9-6-10-18(24)30(40,41)42/h1-14,25-26,43-46H. The predicted octanol–water partition coefficient (Wildman–Crippen LogP) is 11.3. The van der Waals surface area contributed by atoms with Gasteiger partial charge in [0.1, 0.15) is 0 Å². The molecule has 2 nitrogen and oxygen atoms in total. The zero-order chi connectivity index (χ0) is 34.2. The average molecular weight is 701 g/mol. The highest BCUT2D eigenvalue weighted by Gasteiger charge is 2.49. The summed E-state index contributed by atoms with van der Waals surface area (Å²) in [5.41, 5.74) is -11.7. The van der Waals surface area contributed by atoms with Crippen molar-refractivity contribution in [1.82, 2.24) is 0 Å². The summed E-state index contributed by atoms with van der Waals surface area (Å²) in [6.07, 6.45) is -22.2. The summed E-state index contributed by atoms with van der Waals surface area (Å²) in [6, 6.07) is 6.86. The Balaban J connectivity index is 2.24. The summed E-state index contributed by atoms with van der Waals surface area (Å²) >= 11 is 8.31. The molecule has 16 heteroatoms. The van der Waals surface area contributed by atoms with Crippen molar-refractivity contribution < 1.29 is 52.7 Å². The molecule has 0 amide bonds. The molecule has 0 aliphatic carbocycles.